The van der Waals surface area contributed by atoms with Crippen LogP contribution in [0.25, 0.3) is 11.0 Å². The van der Waals surface area contributed by atoms with Crippen LogP contribution in [0.15, 0.2) is 45.6 Å². The Labute approximate surface area is 169 Å². The lowest BCUT2D eigenvalue weighted by Crippen LogP contribution is -2.22. The lowest BCUT2D eigenvalue weighted by atomic mass is 9.98. The van der Waals surface area contributed by atoms with Gasteiger partial charge in [-0.25, -0.2) is 0 Å². The Hall–Kier alpha value is -3.08. The first-order chi connectivity index (χ1) is 13.9. The molecule has 4 rings (SSSR count). The zero-order chi connectivity index (χ0) is 20.7. The summed E-state index contributed by atoms with van der Waals surface area (Å²) in [6.45, 7) is 8.78. The minimum Gasteiger partial charge on any atom is -0.494 e. The van der Waals surface area contributed by atoms with Crippen molar-refractivity contribution >= 4 is 16.9 Å². The summed E-state index contributed by atoms with van der Waals surface area (Å²) in [5, 5.41) is 3.40. The summed E-state index contributed by atoms with van der Waals surface area (Å²) in [7, 11) is 0. The molecule has 0 radical (unpaired) electrons. The van der Waals surface area contributed by atoms with Crippen molar-refractivity contribution in [1.82, 2.24) is 5.32 Å². The molecule has 1 atom stereocenters. The second-order valence-electron chi connectivity index (χ2n) is 8.07. The first kappa shape index (κ1) is 19.2. The largest absolute Gasteiger partial charge is 0.494 e. The Morgan fingerprint density at radius 1 is 1.14 bits per heavy atom. The fourth-order valence-corrected chi connectivity index (χ4v) is 3.65. The zero-order valence-electron chi connectivity index (χ0n) is 17.2. The first-order valence-electron chi connectivity index (χ1n) is 9.97. The highest BCUT2D eigenvalue weighted by molar-refractivity contribution is 5.99. The summed E-state index contributed by atoms with van der Waals surface area (Å²) in [4.78, 5) is 25.9. The Morgan fingerprint density at radius 2 is 1.93 bits per heavy atom. The summed E-state index contributed by atoms with van der Waals surface area (Å²) >= 11 is 0. The van der Waals surface area contributed by atoms with Crippen LogP contribution in [0.1, 0.15) is 59.1 Å². The predicted molar refractivity (Wildman–Crippen MR) is 113 cm³/mol. The van der Waals surface area contributed by atoms with E-state index in [0.29, 0.717) is 29.1 Å². The highest BCUT2D eigenvalue weighted by Crippen LogP contribution is 2.33. The van der Waals surface area contributed by atoms with E-state index in [1.807, 2.05) is 44.2 Å². The van der Waals surface area contributed by atoms with Gasteiger partial charge in [-0.05, 0) is 61.1 Å². The van der Waals surface area contributed by atoms with E-state index in [9.17, 15) is 9.59 Å². The minimum absolute atomic E-state index is 0.104. The smallest absolute Gasteiger partial charge is 0.288 e. The van der Waals surface area contributed by atoms with Gasteiger partial charge in [-0.15, -0.1) is 0 Å². The number of carbonyl (C=O) groups excluding carboxylic acids is 1. The molecular formula is C24H25NO4. The maximum Gasteiger partial charge on any atom is 0.288 e. The van der Waals surface area contributed by atoms with Crippen molar-refractivity contribution < 1.29 is 13.9 Å². The number of benzene rings is 2. The molecule has 5 nitrogen and oxygen atoms in total. The molecule has 1 unspecified atom stereocenters. The molecule has 2 aromatic carbocycles. The lowest BCUT2D eigenvalue weighted by molar-refractivity contribution is 0.0937. The van der Waals surface area contributed by atoms with Gasteiger partial charge in [0.1, 0.15) is 11.3 Å². The van der Waals surface area contributed by atoms with Crippen LogP contribution in [0.3, 0.4) is 0 Å². The lowest BCUT2D eigenvalue weighted by Gasteiger charge is -2.14. The van der Waals surface area contributed by atoms with E-state index >= 15 is 0 Å². The van der Waals surface area contributed by atoms with Gasteiger partial charge in [0.05, 0.1) is 23.6 Å². The highest BCUT2D eigenvalue weighted by Gasteiger charge is 2.36. The third-order valence-corrected chi connectivity index (χ3v) is 5.54. The number of rotatable bonds is 5. The molecule has 5 heteroatoms. The number of carbonyl (C=O) groups is 1. The number of fused-ring (bicyclic) bond motifs is 2. The SMILES string of the molecule is Cc1ccc2c(=O)c3c(oc2c1C)C(=O)NC3c1cccc(OCCC(C)C)c1. The fourth-order valence-electron chi connectivity index (χ4n) is 3.65. The van der Waals surface area contributed by atoms with Crippen LogP contribution in [-0.4, -0.2) is 12.5 Å². The molecule has 150 valence electrons. The second-order valence-corrected chi connectivity index (χ2v) is 8.07. The van der Waals surface area contributed by atoms with E-state index < -0.39 is 6.04 Å². The van der Waals surface area contributed by atoms with Crippen LogP contribution in [0.4, 0.5) is 0 Å². The average Bonchev–Trinajstić information content (AvgIpc) is 3.02. The molecule has 3 aromatic rings. The van der Waals surface area contributed by atoms with Gasteiger partial charge in [0.15, 0.2) is 5.43 Å². The van der Waals surface area contributed by atoms with Gasteiger partial charge in [-0.2, -0.15) is 0 Å². The van der Waals surface area contributed by atoms with Gasteiger partial charge in [0.25, 0.3) is 5.91 Å². The molecule has 1 amide bonds. The van der Waals surface area contributed by atoms with Crippen LogP contribution in [-0.2, 0) is 0 Å². The molecule has 0 spiro atoms. The molecular weight excluding hydrogens is 366 g/mol. The van der Waals surface area contributed by atoms with Gasteiger partial charge in [-0.1, -0.05) is 32.0 Å². The molecule has 0 saturated heterocycles. The Balaban J connectivity index is 1.76. The number of nitrogens with one attached hydrogen (secondary N) is 1. The molecule has 0 bridgehead atoms. The Morgan fingerprint density at radius 3 is 2.69 bits per heavy atom. The van der Waals surface area contributed by atoms with E-state index in [0.717, 1.165) is 28.9 Å². The molecule has 0 fully saturated rings. The number of hydrogen-bond acceptors (Lipinski definition) is 4. The van der Waals surface area contributed by atoms with Crippen LogP contribution < -0.4 is 15.5 Å². The number of amides is 1. The molecule has 0 aliphatic carbocycles. The maximum atomic E-state index is 13.3. The molecule has 1 aromatic heterocycles. The van der Waals surface area contributed by atoms with Crippen molar-refractivity contribution in [3.8, 4) is 5.75 Å². The quantitative estimate of drug-likeness (QED) is 0.686. The van der Waals surface area contributed by atoms with E-state index in [1.54, 1.807) is 6.07 Å². The number of ether oxygens (including phenoxy) is 1. The van der Waals surface area contributed by atoms with Gasteiger partial charge in [0.2, 0.25) is 5.76 Å². The van der Waals surface area contributed by atoms with Crippen LogP contribution in [0.2, 0.25) is 0 Å². The van der Waals surface area contributed by atoms with Crippen LogP contribution >= 0.6 is 0 Å². The number of hydrogen-bond donors (Lipinski definition) is 1. The summed E-state index contributed by atoms with van der Waals surface area (Å²) in [5.74, 6) is 1.02. The van der Waals surface area contributed by atoms with E-state index in [4.69, 9.17) is 9.15 Å². The fraction of sp³-hybridized carbons (Fsp3) is 0.333. The van der Waals surface area contributed by atoms with Gasteiger partial charge >= 0.3 is 0 Å². The second kappa shape index (κ2) is 7.39. The third kappa shape index (κ3) is 3.41. The molecule has 1 aliphatic heterocycles. The predicted octanol–water partition coefficient (Wildman–Crippen LogP) is 4.67. The normalized spacial score (nSPS) is 15.6. The number of aryl methyl sites for hydroxylation is 2. The third-order valence-electron chi connectivity index (χ3n) is 5.54. The van der Waals surface area contributed by atoms with Gasteiger partial charge in [0, 0.05) is 0 Å². The van der Waals surface area contributed by atoms with Crippen molar-refractivity contribution in [2.45, 2.75) is 40.2 Å². The molecule has 1 aliphatic rings. The van der Waals surface area contributed by atoms with Crippen LogP contribution in [0, 0.1) is 19.8 Å². The van der Waals surface area contributed by atoms with Crippen molar-refractivity contribution in [1.29, 1.82) is 0 Å². The van der Waals surface area contributed by atoms with Crippen molar-refractivity contribution in [3.63, 3.8) is 0 Å². The molecule has 29 heavy (non-hydrogen) atoms. The molecule has 1 N–H and O–H groups in total. The molecule has 2 heterocycles. The van der Waals surface area contributed by atoms with Crippen molar-refractivity contribution in [2.24, 2.45) is 5.92 Å². The maximum absolute atomic E-state index is 13.3. The first-order valence-corrected chi connectivity index (χ1v) is 9.97. The minimum atomic E-state index is -0.548. The molecule has 0 saturated carbocycles. The summed E-state index contributed by atoms with van der Waals surface area (Å²) in [6.07, 6.45) is 0.960. The van der Waals surface area contributed by atoms with E-state index in [-0.39, 0.29) is 17.1 Å². The van der Waals surface area contributed by atoms with Crippen molar-refractivity contribution in [2.75, 3.05) is 6.61 Å². The Bertz CT molecular complexity index is 1160. The van der Waals surface area contributed by atoms with E-state index in [1.165, 1.54) is 0 Å². The van der Waals surface area contributed by atoms with Crippen LogP contribution in [0.5, 0.6) is 5.75 Å². The van der Waals surface area contributed by atoms with Gasteiger partial charge in [-0.3, -0.25) is 9.59 Å². The summed E-state index contributed by atoms with van der Waals surface area (Å²) < 4.78 is 11.8. The highest BCUT2D eigenvalue weighted by atomic mass is 16.5. The monoisotopic (exact) mass is 391 g/mol. The standard InChI is InChI=1S/C24H25NO4/c1-13(2)10-11-28-17-7-5-6-16(12-17)20-19-21(26)18-9-8-14(3)15(4)22(18)29-23(19)24(27)25-20/h5-9,12-13,20H,10-11H2,1-4H3,(H,25,27). The average molecular weight is 391 g/mol. The summed E-state index contributed by atoms with van der Waals surface area (Å²) in [6, 6.07) is 10.7. The van der Waals surface area contributed by atoms with E-state index in [2.05, 4.69) is 19.2 Å². The summed E-state index contributed by atoms with van der Waals surface area (Å²) in [5.41, 5.74) is 3.37. The Kier molecular flexibility index (Phi) is 4.91. The topological polar surface area (TPSA) is 68.5 Å². The zero-order valence-corrected chi connectivity index (χ0v) is 17.2. The van der Waals surface area contributed by atoms with Crippen molar-refractivity contribution in [3.05, 3.63) is 74.6 Å². The van der Waals surface area contributed by atoms with Gasteiger partial charge < -0.3 is 14.5 Å².